The van der Waals surface area contributed by atoms with Crippen LogP contribution in [0.3, 0.4) is 0 Å². The second-order valence-electron chi connectivity index (χ2n) is 5.39. The second-order valence-corrected chi connectivity index (χ2v) is 7.48. The number of carbonyl (C=O) groups is 1. The Morgan fingerprint density at radius 3 is 2.64 bits per heavy atom. The van der Waals surface area contributed by atoms with Crippen LogP contribution in [0.2, 0.25) is 5.02 Å². The standard InChI is InChI=1S/C13H19ClN4O3S/c14-11-1-2-12(16-7-11)8-17-13(19)18-5-3-10(4-6-18)9-22(15,20)21/h1-2,7,10H,3-6,8-9H2,(H,17,19)(H2,15,20,21). The van der Waals surface area contributed by atoms with Gasteiger partial charge in [-0.25, -0.2) is 18.4 Å². The number of primary sulfonamides is 1. The number of hydrogen-bond acceptors (Lipinski definition) is 4. The van der Waals surface area contributed by atoms with Crippen LogP contribution in [-0.4, -0.2) is 43.2 Å². The summed E-state index contributed by atoms with van der Waals surface area (Å²) in [5, 5.41) is 8.38. The fourth-order valence-corrected chi connectivity index (χ4v) is 3.52. The van der Waals surface area contributed by atoms with Crippen LogP contribution < -0.4 is 10.5 Å². The van der Waals surface area contributed by atoms with E-state index in [1.165, 1.54) is 6.20 Å². The van der Waals surface area contributed by atoms with Crippen molar-refractivity contribution in [2.24, 2.45) is 11.1 Å². The van der Waals surface area contributed by atoms with Crippen LogP contribution in [0.15, 0.2) is 18.3 Å². The van der Waals surface area contributed by atoms with Crippen LogP contribution in [-0.2, 0) is 16.6 Å². The maximum Gasteiger partial charge on any atom is 0.317 e. The number of nitrogens with zero attached hydrogens (tertiary/aromatic N) is 2. The highest BCUT2D eigenvalue weighted by Gasteiger charge is 2.25. The van der Waals surface area contributed by atoms with Crippen LogP contribution in [0.4, 0.5) is 4.79 Å². The average molecular weight is 347 g/mol. The number of rotatable bonds is 4. The molecule has 3 N–H and O–H groups in total. The summed E-state index contributed by atoms with van der Waals surface area (Å²) in [6.07, 6.45) is 2.81. The first-order chi connectivity index (χ1) is 10.3. The summed E-state index contributed by atoms with van der Waals surface area (Å²) in [6.45, 7) is 1.38. The number of amides is 2. The molecule has 0 saturated carbocycles. The van der Waals surface area contributed by atoms with E-state index >= 15 is 0 Å². The van der Waals surface area contributed by atoms with Gasteiger partial charge < -0.3 is 10.2 Å². The van der Waals surface area contributed by atoms with E-state index in [0.29, 0.717) is 37.5 Å². The Morgan fingerprint density at radius 1 is 1.41 bits per heavy atom. The van der Waals surface area contributed by atoms with Crippen molar-refractivity contribution in [3.8, 4) is 0 Å². The number of sulfonamides is 1. The third-order valence-electron chi connectivity index (χ3n) is 3.58. The number of carbonyl (C=O) groups excluding carboxylic acids is 1. The maximum absolute atomic E-state index is 12.0. The number of nitrogens with one attached hydrogen (secondary N) is 1. The van der Waals surface area contributed by atoms with Crippen LogP contribution in [0.25, 0.3) is 0 Å². The third kappa shape index (κ3) is 5.43. The van der Waals surface area contributed by atoms with Crippen molar-refractivity contribution in [3.63, 3.8) is 0 Å². The quantitative estimate of drug-likeness (QED) is 0.846. The molecule has 7 nitrogen and oxygen atoms in total. The number of urea groups is 1. The van der Waals surface area contributed by atoms with E-state index in [2.05, 4.69) is 10.3 Å². The summed E-state index contributed by atoms with van der Waals surface area (Å²) in [5.41, 5.74) is 0.724. The van der Waals surface area contributed by atoms with Gasteiger partial charge in [0.1, 0.15) is 0 Å². The van der Waals surface area contributed by atoms with E-state index in [-0.39, 0.29) is 17.7 Å². The van der Waals surface area contributed by atoms with Gasteiger partial charge in [-0.15, -0.1) is 0 Å². The van der Waals surface area contributed by atoms with Crippen molar-refractivity contribution < 1.29 is 13.2 Å². The molecule has 2 amide bonds. The van der Waals surface area contributed by atoms with E-state index in [4.69, 9.17) is 16.7 Å². The molecular weight excluding hydrogens is 328 g/mol. The minimum Gasteiger partial charge on any atom is -0.332 e. The van der Waals surface area contributed by atoms with Gasteiger partial charge in [0.2, 0.25) is 10.0 Å². The average Bonchev–Trinajstić information content (AvgIpc) is 2.45. The fraction of sp³-hybridized carbons (Fsp3) is 0.538. The monoisotopic (exact) mass is 346 g/mol. The van der Waals surface area contributed by atoms with Crippen molar-refractivity contribution in [1.82, 2.24) is 15.2 Å². The van der Waals surface area contributed by atoms with Crippen LogP contribution >= 0.6 is 11.6 Å². The molecule has 122 valence electrons. The fourth-order valence-electron chi connectivity index (χ4n) is 2.42. The first-order valence-electron chi connectivity index (χ1n) is 6.97. The predicted octanol–water partition coefficient (Wildman–Crippen LogP) is 0.945. The van der Waals surface area contributed by atoms with Crippen molar-refractivity contribution >= 4 is 27.7 Å². The number of pyridine rings is 1. The molecule has 2 rings (SSSR count). The largest absolute Gasteiger partial charge is 0.332 e. The molecule has 1 fully saturated rings. The maximum atomic E-state index is 12.0. The molecule has 2 heterocycles. The Hall–Kier alpha value is -1.38. The minimum atomic E-state index is -3.45. The molecule has 9 heteroatoms. The van der Waals surface area contributed by atoms with Crippen molar-refractivity contribution in [1.29, 1.82) is 0 Å². The molecule has 0 unspecified atom stereocenters. The highest BCUT2D eigenvalue weighted by molar-refractivity contribution is 7.89. The summed E-state index contributed by atoms with van der Waals surface area (Å²) in [7, 11) is -3.45. The molecule has 0 radical (unpaired) electrons. The lowest BCUT2D eigenvalue weighted by Gasteiger charge is -2.31. The van der Waals surface area contributed by atoms with Gasteiger partial charge in [0.25, 0.3) is 0 Å². The van der Waals surface area contributed by atoms with Crippen LogP contribution in [0, 0.1) is 5.92 Å². The topological polar surface area (TPSA) is 105 Å². The number of likely N-dealkylation sites (tertiary alicyclic amines) is 1. The smallest absolute Gasteiger partial charge is 0.317 e. The Morgan fingerprint density at radius 2 is 2.09 bits per heavy atom. The lowest BCUT2D eigenvalue weighted by Crippen LogP contribution is -2.45. The third-order valence-corrected chi connectivity index (χ3v) is 4.74. The van der Waals surface area contributed by atoms with Crippen molar-refractivity contribution in [2.45, 2.75) is 19.4 Å². The zero-order valence-electron chi connectivity index (χ0n) is 12.0. The summed E-state index contributed by atoms with van der Waals surface area (Å²) in [4.78, 5) is 17.8. The lowest BCUT2D eigenvalue weighted by molar-refractivity contribution is 0.174. The van der Waals surface area contributed by atoms with Gasteiger partial charge in [-0.2, -0.15) is 0 Å². The van der Waals surface area contributed by atoms with E-state index in [0.717, 1.165) is 5.69 Å². The van der Waals surface area contributed by atoms with E-state index < -0.39 is 10.0 Å². The van der Waals surface area contributed by atoms with Gasteiger partial charge in [0.15, 0.2) is 0 Å². The number of nitrogens with two attached hydrogens (primary N) is 1. The first-order valence-corrected chi connectivity index (χ1v) is 9.06. The molecular formula is C13H19ClN4O3S. The molecule has 1 aliphatic heterocycles. The van der Waals surface area contributed by atoms with Crippen molar-refractivity contribution in [2.75, 3.05) is 18.8 Å². The molecule has 0 aromatic carbocycles. The molecule has 0 atom stereocenters. The molecule has 1 aromatic heterocycles. The summed E-state index contributed by atoms with van der Waals surface area (Å²) >= 11 is 5.75. The molecule has 0 bridgehead atoms. The second kappa shape index (κ2) is 7.26. The zero-order chi connectivity index (χ0) is 16.2. The van der Waals surface area contributed by atoms with E-state index in [9.17, 15) is 13.2 Å². The minimum absolute atomic E-state index is 0.0167. The number of hydrogen-bond donors (Lipinski definition) is 2. The summed E-state index contributed by atoms with van der Waals surface area (Å²) in [5.74, 6) is 0.00827. The number of halogens is 1. The van der Waals surface area contributed by atoms with Gasteiger partial charge in [-0.1, -0.05) is 11.6 Å². The Labute approximate surface area is 134 Å². The Bertz CT molecular complexity index is 613. The van der Waals surface area contributed by atoms with E-state index in [1.54, 1.807) is 17.0 Å². The number of piperidine rings is 1. The molecule has 22 heavy (non-hydrogen) atoms. The lowest BCUT2D eigenvalue weighted by atomic mass is 9.99. The summed E-state index contributed by atoms with van der Waals surface area (Å²) in [6, 6.07) is 3.29. The summed E-state index contributed by atoms with van der Waals surface area (Å²) < 4.78 is 22.1. The number of aromatic nitrogens is 1. The Kier molecular flexibility index (Phi) is 5.60. The van der Waals surface area contributed by atoms with Gasteiger partial charge in [0.05, 0.1) is 23.0 Å². The highest BCUT2D eigenvalue weighted by Crippen LogP contribution is 2.18. The SMILES string of the molecule is NS(=O)(=O)CC1CCN(C(=O)NCc2ccc(Cl)cn2)CC1. The van der Waals surface area contributed by atoms with Crippen LogP contribution in [0.5, 0.6) is 0 Å². The Balaban J connectivity index is 1.76. The first kappa shape index (κ1) is 17.0. The molecule has 1 aliphatic rings. The van der Waals surface area contributed by atoms with Crippen molar-refractivity contribution in [3.05, 3.63) is 29.0 Å². The molecule has 0 spiro atoms. The molecule has 1 saturated heterocycles. The normalized spacial score (nSPS) is 16.5. The van der Waals surface area contributed by atoms with Gasteiger partial charge in [0, 0.05) is 19.3 Å². The van der Waals surface area contributed by atoms with Crippen LogP contribution in [0.1, 0.15) is 18.5 Å². The predicted molar refractivity (Wildman–Crippen MR) is 83.8 cm³/mol. The molecule has 1 aromatic rings. The molecule has 0 aliphatic carbocycles. The van der Waals surface area contributed by atoms with Gasteiger partial charge in [-0.05, 0) is 30.9 Å². The highest BCUT2D eigenvalue weighted by atomic mass is 35.5. The van der Waals surface area contributed by atoms with Gasteiger partial charge >= 0.3 is 6.03 Å². The zero-order valence-corrected chi connectivity index (χ0v) is 13.6. The van der Waals surface area contributed by atoms with E-state index in [1.807, 2.05) is 0 Å². The van der Waals surface area contributed by atoms with Gasteiger partial charge in [-0.3, -0.25) is 4.98 Å².